The van der Waals surface area contributed by atoms with Crippen molar-refractivity contribution in [2.24, 2.45) is 23.5 Å². The van der Waals surface area contributed by atoms with Gasteiger partial charge in [-0.2, -0.15) is 8.42 Å². The standard InChI is InChI=1S/C20H26Cl2N4O3.C15H18Cl2N4O4S.C5H11NO2/c1-12(2)13(20(27)28)7-4-10-29-11-5-9-16-24-19(23)18(26-25-16)14-6-3-8-15(21)17(14)22;1-26(22,23)25-9-8-24-7-3-6-12-19-15(18)14(21-20-12)10-4-2-5-11(16)13(10)17;1-3(2)4(6)5(7)8/h3,6,8,12-13H,4-5,7,9-11H2,1-2H3,(H,27,28)(H2,23,24,25);2,4-5H,3,6-9H2,1H3,(H2,18,19,20);3-4H,6H2,1-2H3,(H,7,8)/t13-;;4-/m0.0/s1. The Bertz CT molecular complexity index is 2190. The highest BCUT2D eigenvalue weighted by molar-refractivity contribution is 7.85. The van der Waals surface area contributed by atoms with Crippen molar-refractivity contribution in [2.45, 2.75) is 72.3 Å². The second kappa shape index (κ2) is 28.0. The fraction of sp³-hybridized carbons (Fsp3) is 0.500. The summed E-state index contributed by atoms with van der Waals surface area (Å²) in [4.78, 5) is 29.7. The lowest BCUT2D eigenvalue weighted by atomic mass is 9.91. The van der Waals surface area contributed by atoms with Crippen molar-refractivity contribution in [1.82, 2.24) is 30.4 Å². The van der Waals surface area contributed by atoms with Crippen molar-refractivity contribution in [1.29, 1.82) is 0 Å². The van der Waals surface area contributed by atoms with E-state index in [2.05, 4.69) is 34.5 Å². The van der Waals surface area contributed by atoms with Crippen LogP contribution in [0.2, 0.25) is 20.1 Å². The van der Waals surface area contributed by atoms with Gasteiger partial charge in [0.1, 0.15) is 17.4 Å². The van der Waals surface area contributed by atoms with Gasteiger partial charge in [-0.25, -0.2) is 9.97 Å². The number of ether oxygens (including phenoxy) is 2. The molecule has 0 saturated carbocycles. The van der Waals surface area contributed by atoms with Crippen molar-refractivity contribution in [3.63, 3.8) is 0 Å². The number of carboxylic acid groups (broad SMARTS) is 2. The van der Waals surface area contributed by atoms with Crippen LogP contribution in [0.5, 0.6) is 0 Å². The highest BCUT2D eigenvalue weighted by atomic mass is 35.5. The molecule has 2 aromatic heterocycles. The van der Waals surface area contributed by atoms with Crippen molar-refractivity contribution < 1.29 is 41.9 Å². The number of nitrogen functional groups attached to an aromatic ring is 2. The second-order valence-electron chi connectivity index (χ2n) is 14.5. The van der Waals surface area contributed by atoms with E-state index in [9.17, 15) is 18.0 Å². The third-order valence-electron chi connectivity index (χ3n) is 8.76. The molecule has 0 aliphatic heterocycles. The Morgan fingerprint density at radius 2 is 1.11 bits per heavy atom. The number of nitrogens with two attached hydrogens (primary N) is 3. The molecule has 0 saturated heterocycles. The molecule has 18 nitrogen and oxygen atoms in total. The maximum Gasteiger partial charge on any atom is 0.320 e. The lowest BCUT2D eigenvalue weighted by Gasteiger charge is -2.15. The summed E-state index contributed by atoms with van der Waals surface area (Å²) >= 11 is 24.4. The highest BCUT2D eigenvalue weighted by Gasteiger charge is 2.21. The third-order valence-corrected chi connectivity index (χ3v) is 11.0. The molecule has 63 heavy (non-hydrogen) atoms. The van der Waals surface area contributed by atoms with E-state index in [0.717, 1.165) is 12.7 Å². The van der Waals surface area contributed by atoms with E-state index >= 15 is 0 Å². The van der Waals surface area contributed by atoms with Gasteiger partial charge in [-0.1, -0.05) is 98.4 Å². The Kier molecular flexibility index (Phi) is 24.5. The molecule has 0 spiro atoms. The number of carboxylic acids is 2. The minimum Gasteiger partial charge on any atom is -0.481 e. The van der Waals surface area contributed by atoms with Gasteiger partial charge in [0, 0.05) is 43.8 Å². The molecule has 4 aromatic rings. The number of anilines is 2. The average Bonchev–Trinajstić information content (AvgIpc) is 3.20. The van der Waals surface area contributed by atoms with Crippen LogP contribution in [0.15, 0.2) is 36.4 Å². The third kappa shape index (κ3) is 20.1. The molecule has 0 aliphatic carbocycles. The van der Waals surface area contributed by atoms with Crippen LogP contribution in [0.4, 0.5) is 11.6 Å². The summed E-state index contributed by atoms with van der Waals surface area (Å²) in [6.07, 6.45) is 4.74. The Labute approximate surface area is 387 Å². The molecule has 2 atom stereocenters. The van der Waals surface area contributed by atoms with E-state index in [0.29, 0.717) is 106 Å². The van der Waals surface area contributed by atoms with Gasteiger partial charge in [-0.15, -0.1) is 20.4 Å². The molecule has 0 radical (unpaired) electrons. The number of hydrogen-bond donors (Lipinski definition) is 5. The average molecular weight is 980 g/mol. The van der Waals surface area contributed by atoms with E-state index in [4.69, 9.17) is 83.3 Å². The van der Waals surface area contributed by atoms with Crippen molar-refractivity contribution in [3.8, 4) is 22.5 Å². The first-order chi connectivity index (χ1) is 29.6. The molecule has 2 heterocycles. The van der Waals surface area contributed by atoms with Gasteiger partial charge in [0.2, 0.25) is 0 Å². The molecule has 4 rings (SSSR count). The number of halogens is 4. The van der Waals surface area contributed by atoms with Gasteiger partial charge >= 0.3 is 11.9 Å². The van der Waals surface area contributed by atoms with Crippen LogP contribution < -0.4 is 17.2 Å². The number of aryl methyl sites for hydroxylation is 2. The Morgan fingerprint density at radius 1 is 0.667 bits per heavy atom. The smallest absolute Gasteiger partial charge is 0.320 e. The van der Waals surface area contributed by atoms with Gasteiger partial charge in [-0.3, -0.25) is 13.8 Å². The summed E-state index contributed by atoms with van der Waals surface area (Å²) in [6.45, 7) is 9.03. The summed E-state index contributed by atoms with van der Waals surface area (Å²) < 4.78 is 37.0. The maximum absolute atomic E-state index is 11.2. The van der Waals surface area contributed by atoms with Gasteiger partial charge in [0.05, 0.1) is 45.5 Å². The molecule has 8 N–H and O–H groups in total. The van der Waals surface area contributed by atoms with Gasteiger partial charge < -0.3 is 36.9 Å². The fourth-order valence-electron chi connectivity index (χ4n) is 5.26. The molecular weight excluding hydrogens is 924 g/mol. The summed E-state index contributed by atoms with van der Waals surface area (Å²) in [6, 6.07) is 9.64. The summed E-state index contributed by atoms with van der Waals surface area (Å²) in [7, 11) is -3.44. The number of nitrogens with zero attached hydrogens (tertiary/aromatic N) is 6. The largest absolute Gasteiger partial charge is 0.481 e. The predicted molar refractivity (Wildman–Crippen MR) is 244 cm³/mol. The zero-order valence-corrected chi connectivity index (χ0v) is 39.5. The monoisotopic (exact) mass is 977 g/mol. The quantitative estimate of drug-likeness (QED) is 0.0394. The number of carbonyl (C=O) groups is 2. The molecule has 0 unspecified atom stereocenters. The van der Waals surface area contributed by atoms with Gasteiger partial charge in [-0.05, 0) is 49.7 Å². The lowest BCUT2D eigenvalue weighted by molar-refractivity contribution is -0.143. The van der Waals surface area contributed by atoms with Crippen LogP contribution in [0.1, 0.15) is 65.0 Å². The van der Waals surface area contributed by atoms with E-state index in [1.165, 1.54) is 0 Å². The van der Waals surface area contributed by atoms with Crippen LogP contribution >= 0.6 is 46.4 Å². The first kappa shape index (κ1) is 55.1. The Hall–Kier alpha value is -4.05. The molecule has 2 aromatic carbocycles. The number of hydrogen-bond acceptors (Lipinski definition) is 16. The predicted octanol–water partition coefficient (Wildman–Crippen LogP) is 6.92. The first-order valence-electron chi connectivity index (χ1n) is 19.7. The number of aromatic nitrogens is 6. The highest BCUT2D eigenvalue weighted by Crippen LogP contribution is 2.35. The van der Waals surface area contributed by atoms with Crippen LogP contribution in [0, 0.1) is 17.8 Å². The summed E-state index contributed by atoms with van der Waals surface area (Å²) in [5.74, 6) is -0.411. The molecule has 0 amide bonds. The zero-order valence-electron chi connectivity index (χ0n) is 35.6. The lowest BCUT2D eigenvalue weighted by Crippen LogP contribution is -2.34. The van der Waals surface area contributed by atoms with Crippen molar-refractivity contribution in [2.75, 3.05) is 50.8 Å². The number of aliphatic carboxylic acids is 2. The maximum atomic E-state index is 11.2. The molecule has 348 valence electrons. The number of benzene rings is 2. The molecule has 0 fully saturated rings. The normalized spacial score (nSPS) is 12.3. The minimum atomic E-state index is -3.44. The minimum absolute atomic E-state index is 0.0150. The van der Waals surface area contributed by atoms with Crippen LogP contribution in [-0.2, 0) is 46.2 Å². The molecular formula is C40H55Cl4N9O9S. The Morgan fingerprint density at radius 3 is 1.48 bits per heavy atom. The van der Waals surface area contributed by atoms with E-state index in [1.54, 1.807) is 50.2 Å². The van der Waals surface area contributed by atoms with Crippen LogP contribution in [-0.4, -0.2) is 106 Å². The topological polar surface area (TPSA) is 292 Å². The van der Waals surface area contributed by atoms with Crippen molar-refractivity contribution in [3.05, 3.63) is 68.1 Å². The summed E-state index contributed by atoms with van der Waals surface area (Å²) in [5, 5.41) is 35.3. The molecule has 0 bridgehead atoms. The zero-order chi connectivity index (χ0) is 47.3. The van der Waals surface area contributed by atoms with Gasteiger partial charge in [0.15, 0.2) is 23.3 Å². The van der Waals surface area contributed by atoms with Crippen LogP contribution in [0.25, 0.3) is 22.5 Å². The first-order valence-corrected chi connectivity index (χ1v) is 23.0. The second-order valence-corrected chi connectivity index (χ2v) is 17.7. The van der Waals surface area contributed by atoms with E-state index in [1.807, 2.05) is 13.8 Å². The Balaban J connectivity index is 0.000000371. The van der Waals surface area contributed by atoms with E-state index < -0.39 is 28.1 Å². The SMILES string of the molecule is CC(C)[C@H](CCCOCCCc1nnc(-c2cccc(Cl)c2Cl)c(N)n1)C(=O)O.CC(C)[C@H](N)C(=O)O.CS(=O)(=O)OCCOCCCc1nnc(-c2cccc(Cl)c2Cl)c(N)n1. The van der Waals surface area contributed by atoms with Crippen molar-refractivity contribution >= 4 is 80.1 Å². The molecule has 23 heteroatoms. The molecule has 0 aliphatic rings. The van der Waals surface area contributed by atoms with E-state index in [-0.39, 0.29) is 42.6 Å². The fourth-order valence-corrected chi connectivity index (χ4v) is 6.41. The van der Waals surface area contributed by atoms with Crippen LogP contribution in [0.3, 0.4) is 0 Å². The van der Waals surface area contributed by atoms with Gasteiger partial charge in [0.25, 0.3) is 10.1 Å². The number of rotatable bonds is 22. The summed E-state index contributed by atoms with van der Waals surface area (Å²) in [5.41, 5.74) is 19.1.